The molecule has 0 atom stereocenters. The molecule has 0 spiro atoms. The molecule has 3 aliphatic rings. The van der Waals surface area contributed by atoms with Crippen molar-refractivity contribution in [1.82, 2.24) is 15.2 Å². The molecule has 0 unspecified atom stereocenters. The summed E-state index contributed by atoms with van der Waals surface area (Å²) in [4.78, 5) is 22.9. The molecule has 2 aromatic carbocycles. The molecular weight excluding hydrogens is 436 g/mol. The standard InChI is InChI=1S/C29H34N4O2/c1-20-7-8-21(33-18-22(19-33)32-15-12-28(2,35)13-16-32)17-24(20)27(34)31-29(10-11-29)25-9-14-30-26-6-4-3-5-23(25)26/h3-9,14,17,22,35H,10-13,15-16,18-19H2,1-2H3,(H,31,34). The number of carbonyl (C=O) groups excluding carboxylic acids is 1. The summed E-state index contributed by atoms with van der Waals surface area (Å²) in [7, 11) is 0. The number of para-hydroxylation sites is 1. The van der Waals surface area contributed by atoms with E-state index in [1.807, 2.05) is 38.2 Å². The summed E-state index contributed by atoms with van der Waals surface area (Å²) in [5.74, 6) is -0.00178. The SMILES string of the molecule is Cc1ccc(N2CC(N3CCC(C)(O)CC3)C2)cc1C(=O)NC1(c2ccnc3ccccc23)CC1. The molecule has 0 radical (unpaired) electrons. The fourth-order valence-electron chi connectivity index (χ4n) is 5.70. The van der Waals surface area contributed by atoms with Crippen LogP contribution in [0.5, 0.6) is 0 Å². The van der Waals surface area contributed by atoms with Crippen LogP contribution in [0.25, 0.3) is 10.9 Å². The van der Waals surface area contributed by atoms with E-state index in [9.17, 15) is 9.90 Å². The Morgan fingerprint density at radius 2 is 1.80 bits per heavy atom. The van der Waals surface area contributed by atoms with E-state index in [1.165, 1.54) is 0 Å². The second-order valence-corrected chi connectivity index (χ2v) is 11.0. The van der Waals surface area contributed by atoms with Gasteiger partial charge in [-0.05, 0) is 74.9 Å². The molecule has 182 valence electrons. The lowest BCUT2D eigenvalue weighted by Gasteiger charge is -2.49. The van der Waals surface area contributed by atoms with Crippen LogP contribution in [-0.2, 0) is 5.54 Å². The lowest BCUT2D eigenvalue weighted by molar-refractivity contribution is -0.0197. The van der Waals surface area contributed by atoms with Gasteiger partial charge in [0.1, 0.15) is 0 Å². The predicted molar refractivity (Wildman–Crippen MR) is 139 cm³/mol. The van der Waals surface area contributed by atoms with E-state index < -0.39 is 5.60 Å². The van der Waals surface area contributed by atoms with E-state index in [2.05, 4.69) is 50.4 Å². The zero-order valence-corrected chi connectivity index (χ0v) is 20.6. The summed E-state index contributed by atoms with van der Waals surface area (Å²) in [5.41, 5.74) is 4.17. The van der Waals surface area contributed by atoms with Gasteiger partial charge in [-0.3, -0.25) is 14.7 Å². The molecule has 6 rings (SSSR count). The van der Waals surface area contributed by atoms with Gasteiger partial charge in [0.15, 0.2) is 0 Å². The number of anilines is 1. The highest BCUT2D eigenvalue weighted by Gasteiger charge is 2.47. The van der Waals surface area contributed by atoms with Crippen LogP contribution in [0.15, 0.2) is 54.7 Å². The van der Waals surface area contributed by atoms with E-state index in [1.54, 1.807) is 0 Å². The minimum Gasteiger partial charge on any atom is -0.390 e. The number of hydrogen-bond acceptors (Lipinski definition) is 5. The molecule has 1 aliphatic carbocycles. The quantitative estimate of drug-likeness (QED) is 0.590. The first-order valence-corrected chi connectivity index (χ1v) is 12.8. The molecule has 2 aliphatic heterocycles. The van der Waals surface area contributed by atoms with Gasteiger partial charge in [0.2, 0.25) is 0 Å². The Hall–Kier alpha value is -2.96. The first kappa shape index (κ1) is 22.5. The first-order valence-electron chi connectivity index (χ1n) is 12.8. The number of likely N-dealkylation sites (tertiary alicyclic amines) is 1. The van der Waals surface area contributed by atoms with E-state index in [4.69, 9.17) is 0 Å². The maximum absolute atomic E-state index is 13.5. The van der Waals surface area contributed by atoms with E-state index in [0.29, 0.717) is 6.04 Å². The van der Waals surface area contributed by atoms with Crippen LogP contribution in [0.3, 0.4) is 0 Å². The number of aromatic nitrogens is 1. The number of pyridine rings is 1. The summed E-state index contributed by atoms with van der Waals surface area (Å²) >= 11 is 0. The third-order valence-electron chi connectivity index (χ3n) is 8.35. The van der Waals surface area contributed by atoms with Crippen LogP contribution in [0.2, 0.25) is 0 Å². The molecule has 2 N–H and O–H groups in total. The fourth-order valence-corrected chi connectivity index (χ4v) is 5.70. The van der Waals surface area contributed by atoms with Crippen molar-refractivity contribution in [3.8, 4) is 0 Å². The average Bonchev–Trinajstić information content (AvgIpc) is 3.60. The van der Waals surface area contributed by atoms with Crippen LogP contribution in [-0.4, -0.2) is 58.7 Å². The number of carbonyl (C=O) groups is 1. The van der Waals surface area contributed by atoms with Crippen molar-refractivity contribution < 1.29 is 9.90 Å². The zero-order chi connectivity index (χ0) is 24.2. The number of amides is 1. The summed E-state index contributed by atoms with van der Waals surface area (Å²) in [6, 6.07) is 17.0. The summed E-state index contributed by atoms with van der Waals surface area (Å²) < 4.78 is 0. The lowest BCUT2D eigenvalue weighted by Crippen LogP contribution is -2.62. The molecule has 1 aromatic heterocycles. The van der Waals surface area contributed by atoms with Crippen LogP contribution >= 0.6 is 0 Å². The van der Waals surface area contributed by atoms with E-state index in [-0.39, 0.29) is 11.4 Å². The van der Waals surface area contributed by atoms with Gasteiger partial charge in [0, 0.05) is 55.1 Å². The Labute approximate surface area is 207 Å². The number of piperidine rings is 1. The molecule has 1 saturated carbocycles. The van der Waals surface area contributed by atoms with Gasteiger partial charge < -0.3 is 15.3 Å². The second kappa shape index (κ2) is 8.32. The molecule has 6 nitrogen and oxygen atoms in total. The number of fused-ring (bicyclic) bond motifs is 1. The lowest BCUT2D eigenvalue weighted by atomic mass is 9.91. The summed E-state index contributed by atoms with van der Waals surface area (Å²) in [6.45, 7) is 7.81. The smallest absolute Gasteiger partial charge is 0.252 e. The van der Waals surface area contributed by atoms with Crippen molar-refractivity contribution in [2.75, 3.05) is 31.1 Å². The molecule has 6 heteroatoms. The Kier molecular flexibility index (Phi) is 5.35. The molecular formula is C29H34N4O2. The van der Waals surface area contributed by atoms with Gasteiger partial charge in [-0.25, -0.2) is 0 Å². The third-order valence-corrected chi connectivity index (χ3v) is 8.35. The number of nitrogens with zero attached hydrogens (tertiary/aromatic N) is 3. The highest BCUT2D eigenvalue weighted by atomic mass is 16.3. The zero-order valence-electron chi connectivity index (χ0n) is 20.6. The highest BCUT2D eigenvalue weighted by Crippen LogP contribution is 2.48. The van der Waals surface area contributed by atoms with Crippen LogP contribution in [0.4, 0.5) is 5.69 Å². The number of benzene rings is 2. The van der Waals surface area contributed by atoms with Crippen LogP contribution in [0, 0.1) is 6.92 Å². The van der Waals surface area contributed by atoms with Gasteiger partial charge >= 0.3 is 0 Å². The van der Waals surface area contributed by atoms with Gasteiger partial charge in [-0.1, -0.05) is 24.3 Å². The molecule has 2 saturated heterocycles. The molecule has 0 bridgehead atoms. The number of aliphatic hydroxyl groups is 1. The predicted octanol–water partition coefficient (Wildman–Crippen LogP) is 4.00. The highest BCUT2D eigenvalue weighted by molar-refractivity contribution is 5.98. The van der Waals surface area contributed by atoms with E-state index in [0.717, 1.165) is 85.1 Å². The molecule has 35 heavy (non-hydrogen) atoms. The van der Waals surface area contributed by atoms with Gasteiger partial charge in [0.05, 0.1) is 16.7 Å². The molecule has 3 aromatic rings. The fraction of sp³-hybridized carbons (Fsp3) is 0.448. The third kappa shape index (κ3) is 4.19. The Balaban J connectivity index is 1.16. The normalized spacial score (nSPS) is 21.5. The minimum absolute atomic E-state index is 0.00178. The molecule has 3 heterocycles. The number of rotatable bonds is 5. The first-order chi connectivity index (χ1) is 16.8. The van der Waals surface area contributed by atoms with Crippen molar-refractivity contribution in [3.63, 3.8) is 0 Å². The summed E-state index contributed by atoms with van der Waals surface area (Å²) in [6.07, 6.45) is 5.42. The second-order valence-electron chi connectivity index (χ2n) is 11.0. The van der Waals surface area contributed by atoms with Gasteiger partial charge in [0.25, 0.3) is 5.91 Å². The van der Waals surface area contributed by atoms with Crippen molar-refractivity contribution in [2.24, 2.45) is 0 Å². The Morgan fingerprint density at radius 3 is 2.54 bits per heavy atom. The van der Waals surface area contributed by atoms with Crippen molar-refractivity contribution in [3.05, 3.63) is 71.4 Å². The van der Waals surface area contributed by atoms with Crippen molar-refractivity contribution in [2.45, 2.75) is 56.7 Å². The van der Waals surface area contributed by atoms with Crippen LogP contribution in [0.1, 0.15) is 54.1 Å². The van der Waals surface area contributed by atoms with E-state index >= 15 is 0 Å². The minimum atomic E-state index is -0.513. The number of hydrogen-bond donors (Lipinski definition) is 2. The summed E-state index contributed by atoms with van der Waals surface area (Å²) in [5, 5.41) is 14.7. The van der Waals surface area contributed by atoms with Crippen molar-refractivity contribution >= 4 is 22.5 Å². The molecule has 1 amide bonds. The topological polar surface area (TPSA) is 68.7 Å². The van der Waals surface area contributed by atoms with Gasteiger partial charge in [-0.15, -0.1) is 0 Å². The number of aryl methyl sites for hydroxylation is 1. The largest absolute Gasteiger partial charge is 0.390 e. The van der Waals surface area contributed by atoms with Crippen molar-refractivity contribution in [1.29, 1.82) is 0 Å². The Bertz CT molecular complexity index is 1260. The Morgan fingerprint density at radius 1 is 1.06 bits per heavy atom. The maximum Gasteiger partial charge on any atom is 0.252 e. The molecule has 3 fully saturated rings. The number of nitrogens with one attached hydrogen (secondary N) is 1. The monoisotopic (exact) mass is 470 g/mol. The van der Waals surface area contributed by atoms with Crippen LogP contribution < -0.4 is 10.2 Å². The average molecular weight is 471 g/mol. The van der Waals surface area contributed by atoms with Gasteiger partial charge in [-0.2, -0.15) is 0 Å². The maximum atomic E-state index is 13.5.